The minimum atomic E-state index is -0.976. The van der Waals surface area contributed by atoms with Crippen LogP contribution < -0.4 is 10.6 Å². The number of benzene rings is 1. The molecule has 1 aromatic carbocycles. The average molecular weight is 287 g/mol. The number of nitrogens with one attached hydrogen (secondary N) is 2. The number of rotatable bonds is 4. The minimum absolute atomic E-state index is 0.0793. The number of carboxylic acids is 1. The third-order valence-electron chi connectivity index (χ3n) is 3.65. The van der Waals surface area contributed by atoms with Gasteiger partial charge in [0.1, 0.15) is 0 Å². The van der Waals surface area contributed by atoms with Crippen LogP contribution in [-0.2, 0) is 6.54 Å². The summed E-state index contributed by atoms with van der Waals surface area (Å²) in [6.07, 6.45) is 2.62. The summed E-state index contributed by atoms with van der Waals surface area (Å²) in [5, 5.41) is 23.3. The number of aromatic carboxylic acids is 1. The van der Waals surface area contributed by atoms with E-state index < -0.39 is 5.97 Å². The second-order valence-electron chi connectivity index (χ2n) is 5.10. The predicted molar refractivity (Wildman–Crippen MR) is 75.5 cm³/mol. The number of carboxylic acid groups (broad SMARTS) is 1. The highest BCUT2D eigenvalue weighted by molar-refractivity contribution is 5.87. The summed E-state index contributed by atoms with van der Waals surface area (Å²) in [5.41, 5.74) is 1.03. The van der Waals surface area contributed by atoms with Gasteiger partial charge in [-0.3, -0.25) is 0 Å². The lowest BCUT2D eigenvalue weighted by Gasteiger charge is -2.16. The van der Waals surface area contributed by atoms with Crippen LogP contribution in [0.25, 0.3) is 0 Å². The van der Waals surface area contributed by atoms with Crippen LogP contribution in [0.3, 0.4) is 0 Å². The molecule has 6 nitrogen and oxygen atoms in total. The molecular weight excluding hydrogens is 270 g/mol. The molecule has 1 aromatic rings. The number of hydrogen-bond acceptors (Lipinski definition) is 3. The van der Waals surface area contributed by atoms with Crippen molar-refractivity contribution < 1.29 is 14.7 Å². The van der Waals surface area contributed by atoms with Crippen LogP contribution in [0.2, 0.25) is 0 Å². The largest absolute Gasteiger partial charge is 0.478 e. The van der Waals surface area contributed by atoms with Crippen LogP contribution in [0.4, 0.5) is 4.79 Å². The molecule has 3 N–H and O–H groups in total. The molecule has 2 amide bonds. The van der Waals surface area contributed by atoms with Crippen molar-refractivity contribution in [2.24, 2.45) is 5.92 Å². The summed E-state index contributed by atoms with van der Waals surface area (Å²) in [5.74, 6) is -1.08. The van der Waals surface area contributed by atoms with Gasteiger partial charge in [-0.25, -0.2) is 9.59 Å². The normalized spacial score (nSPS) is 20.5. The van der Waals surface area contributed by atoms with Crippen LogP contribution in [0.15, 0.2) is 24.3 Å². The van der Waals surface area contributed by atoms with Crippen molar-refractivity contribution in [3.8, 4) is 6.07 Å². The zero-order valence-electron chi connectivity index (χ0n) is 11.5. The second kappa shape index (κ2) is 6.75. The first-order chi connectivity index (χ1) is 10.1. The van der Waals surface area contributed by atoms with Crippen LogP contribution in [-0.4, -0.2) is 23.1 Å². The summed E-state index contributed by atoms with van der Waals surface area (Å²) < 4.78 is 0. The molecule has 1 aliphatic rings. The fourth-order valence-corrected chi connectivity index (χ4v) is 2.45. The number of nitrogens with zero attached hydrogens (tertiary/aromatic N) is 1. The van der Waals surface area contributed by atoms with E-state index in [1.807, 2.05) is 0 Å². The Balaban J connectivity index is 1.81. The Morgan fingerprint density at radius 2 is 2.00 bits per heavy atom. The fourth-order valence-electron chi connectivity index (χ4n) is 2.45. The van der Waals surface area contributed by atoms with E-state index in [1.54, 1.807) is 12.1 Å². The number of hydrogen-bond donors (Lipinski definition) is 3. The molecule has 0 aromatic heterocycles. The van der Waals surface area contributed by atoms with Crippen molar-refractivity contribution in [2.45, 2.75) is 31.8 Å². The smallest absolute Gasteiger partial charge is 0.335 e. The van der Waals surface area contributed by atoms with Crippen molar-refractivity contribution in [1.82, 2.24) is 10.6 Å². The molecule has 6 heteroatoms. The Morgan fingerprint density at radius 3 is 2.62 bits per heavy atom. The van der Waals surface area contributed by atoms with E-state index in [1.165, 1.54) is 12.1 Å². The third kappa shape index (κ3) is 3.96. The first-order valence-corrected chi connectivity index (χ1v) is 6.86. The molecule has 0 saturated heterocycles. The fraction of sp³-hybridized carbons (Fsp3) is 0.400. The molecule has 0 heterocycles. The molecule has 0 bridgehead atoms. The second-order valence-corrected chi connectivity index (χ2v) is 5.10. The topological polar surface area (TPSA) is 102 Å². The first kappa shape index (κ1) is 14.9. The summed E-state index contributed by atoms with van der Waals surface area (Å²) in [4.78, 5) is 22.5. The quantitative estimate of drug-likeness (QED) is 0.786. The molecule has 2 atom stereocenters. The van der Waals surface area contributed by atoms with Crippen LogP contribution in [0.1, 0.15) is 35.2 Å². The van der Waals surface area contributed by atoms with Crippen molar-refractivity contribution in [2.75, 3.05) is 0 Å². The van der Waals surface area contributed by atoms with Gasteiger partial charge in [-0.2, -0.15) is 5.26 Å². The van der Waals surface area contributed by atoms with E-state index in [2.05, 4.69) is 16.7 Å². The third-order valence-corrected chi connectivity index (χ3v) is 3.65. The zero-order chi connectivity index (χ0) is 15.2. The average Bonchev–Trinajstić information content (AvgIpc) is 2.92. The molecule has 2 unspecified atom stereocenters. The number of nitriles is 1. The van der Waals surface area contributed by atoms with Gasteiger partial charge < -0.3 is 15.7 Å². The Labute approximate surface area is 122 Å². The predicted octanol–water partition coefficient (Wildman–Crippen LogP) is 1.88. The molecule has 0 aliphatic heterocycles. The maximum absolute atomic E-state index is 11.8. The molecule has 0 spiro atoms. The molecular formula is C15H17N3O3. The molecule has 1 aliphatic carbocycles. The van der Waals surface area contributed by atoms with Gasteiger partial charge in [0.05, 0.1) is 17.6 Å². The van der Waals surface area contributed by atoms with Gasteiger partial charge in [0.2, 0.25) is 0 Å². The van der Waals surface area contributed by atoms with Gasteiger partial charge in [-0.15, -0.1) is 0 Å². The van der Waals surface area contributed by atoms with Crippen molar-refractivity contribution in [3.63, 3.8) is 0 Å². The van der Waals surface area contributed by atoms with E-state index in [-0.39, 0.29) is 23.6 Å². The summed E-state index contributed by atoms with van der Waals surface area (Å²) in [6.45, 7) is 0.315. The van der Waals surface area contributed by atoms with Crippen LogP contribution >= 0.6 is 0 Å². The number of urea groups is 1. The Bertz CT molecular complexity index is 563. The lowest BCUT2D eigenvalue weighted by molar-refractivity contribution is 0.0697. The molecule has 1 saturated carbocycles. The van der Waals surface area contributed by atoms with Crippen molar-refractivity contribution in [1.29, 1.82) is 5.26 Å². The summed E-state index contributed by atoms with van der Waals surface area (Å²) in [7, 11) is 0. The van der Waals surface area contributed by atoms with Crippen LogP contribution in [0, 0.1) is 17.2 Å². The maximum atomic E-state index is 11.8. The van der Waals surface area contributed by atoms with Crippen LogP contribution in [0.5, 0.6) is 0 Å². The number of carbonyl (C=O) groups excluding carboxylic acids is 1. The molecule has 2 rings (SSSR count). The van der Waals surface area contributed by atoms with Gasteiger partial charge in [0.25, 0.3) is 0 Å². The number of amides is 2. The SMILES string of the molecule is N#CC1CCCC1NC(=O)NCc1ccc(C(=O)O)cc1. The Kier molecular flexibility index (Phi) is 4.77. The highest BCUT2D eigenvalue weighted by Gasteiger charge is 2.28. The standard InChI is InChI=1S/C15H17N3O3/c16-8-12-2-1-3-13(12)18-15(21)17-9-10-4-6-11(7-5-10)14(19)20/h4-7,12-13H,1-3,9H2,(H,19,20)(H2,17,18,21). The lowest BCUT2D eigenvalue weighted by atomic mass is 10.1. The zero-order valence-corrected chi connectivity index (χ0v) is 11.5. The van der Waals surface area contributed by atoms with Crippen molar-refractivity contribution in [3.05, 3.63) is 35.4 Å². The van der Waals surface area contributed by atoms with E-state index in [9.17, 15) is 9.59 Å². The van der Waals surface area contributed by atoms with Gasteiger partial charge in [-0.05, 0) is 37.0 Å². The molecule has 0 radical (unpaired) electrons. The maximum Gasteiger partial charge on any atom is 0.335 e. The number of carbonyl (C=O) groups is 2. The first-order valence-electron chi connectivity index (χ1n) is 6.86. The highest BCUT2D eigenvalue weighted by Crippen LogP contribution is 2.24. The van der Waals surface area contributed by atoms with E-state index >= 15 is 0 Å². The monoisotopic (exact) mass is 287 g/mol. The van der Waals surface area contributed by atoms with Gasteiger partial charge in [0, 0.05) is 12.6 Å². The molecule has 1 fully saturated rings. The minimum Gasteiger partial charge on any atom is -0.478 e. The van der Waals surface area contributed by atoms with Gasteiger partial charge in [0.15, 0.2) is 0 Å². The van der Waals surface area contributed by atoms with E-state index in [0.29, 0.717) is 6.54 Å². The van der Waals surface area contributed by atoms with E-state index in [4.69, 9.17) is 10.4 Å². The van der Waals surface area contributed by atoms with E-state index in [0.717, 1.165) is 24.8 Å². The highest BCUT2D eigenvalue weighted by atomic mass is 16.4. The van der Waals surface area contributed by atoms with Gasteiger partial charge >= 0.3 is 12.0 Å². The summed E-state index contributed by atoms with van der Waals surface area (Å²) in [6, 6.07) is 8.16. The molecule has 110 valence electrons. The van der Waals surface area contributed by atoms with Gasteiger partial charge in [-0.1, -0.05) is 12.1 Å². The molecule has 21 heavy (non-hydrogen) atoms. The van der Waals surface area contributed by atoms with Crippen molar-refractivity contribution >= 4 is 12.0 Å². The Morgan fingerprint density at radius 1 is 1.29 bits per heavy atom. The Hall–Kier alpha value is -2.55. The summed E-state index contributed by atoms with van der Waals surface area (Å²) >= 11 is 0. The lowest BCUT2D eigenvalue weighted by Crippen LogP contribution is -2.43.